The number of hydrogen-bond acceptors (Lipinski definition) is 4. The van der Waals surface area contributed by atoms with Gasteiger partial charge in [0.2, 0.25) is 0 Å². The quantitative estimate of drug-likeness (QED) is 0.363. The van der Waals surface area contributed by atoms with Gasteiger partial charge < -0.3 is 10.1 Å². The highest BCUT2D eigenvalue weighted by Gasteiger charge is 2.15. The summed E-state index contributed by atoms with van der Waals surface area (Å²) < 4.78 is 7.74. The minimum Gasteiger partial charge on any atom is -0.489 e. The Balaban J connectivity index is 1.37. The Hall–Kier alpha value is -3.09. The summed E-state index contributed by atoms with van der Waals surface area (Å²) in [6.45, 7) is 6.75. The molecular weight excluding hydrogens is 442 g/mol. The molecule has 0 bridgehead atoms. The van der Waals surface area contributed by atoms with E-state index in [-0.39, 0.29) is 5.91 Å². The number of carbonyl (C=O) groups is 1. The molecular formula is C25H24ClN3O2S. The molecule has 0 saturated heterocycles. The molecule has 32 heavy (non-hydrogen) atoms. The molecule has 4 aromatic rings. The number of aryl methyl sites for hydroxylation is 2. The minimum atomic E-state index is -0.102. The van der Waals surface area contributed by atoms with Crippen LogP contribution in [0.3, 0.4) is 0 Å². The molecule has 0 radical (unpaired) electrons. The molecule has 0 fully saturated rings. The second-order valence-corrected chi connectivity index (χ2v) is 8.92. The predicted octanol–water partition coefficient (Wildman–Crippen LogP) is 6.02. The van der Waals surface area contributed by atoms with Gasteiger partial charge in [-0.05, 0) is 68.1 Å². The van der Waals surface area contributed by atoms with Gasteiger partial charge in [0.25, 0.3) is 5.91 Å². The highest BCUT2D eigenvalue weighted by molar-refractivity contribution is 7.12. The molecule has 5 nitrogen and oxygen atoms in total. The number of amides is 1. The third-order valence-electron chi connectivity index (χ3n) is 5.28. The Labute approximate surface area is 196 Å². The fourth-order valence-electron chi connectivity index (χ4n) is 3.45. The van der Waals surface area contributed by atoms with Gasteiger partial charge in [-0.25, -0.2) is 4.68 Å². The van der Waals surface area contributed by atoms with E-state index in [4.69, 9.17) is 16.3 Å². The van der Waals surface area contributed by atoms with Crippen molar-refractivity contribution in [2.75, 3.05) is 0 Å². The number of halogens is 1. The molecule has 1 amide bonds. The molecule has 7 heteroatoms. The predicted molar refractivity (Wildman–Crippen MR) is 129 cm³/mol. The van der Waals surface area contributed by atoms with Crippen molar-refractivity contribution in [3.05, 3.63) is 98.0 Å². The zero-order chi connectivity index (χ0) is 22.7. The first kappa shape index (κ1) is 22.1. The lowest BCUT2D eigenvalue weighted by Gasteiger charge is -2.07. The van der Waals surface area contributed by atoms with Crippen LogP contribution in [0.15, 0.2) is 60.0 Å². The van der Waals surface area contributed by atoms with Crippen molar-refractivity contribution in [3.8, 4) is 11.4 Å². The normalized spacial score (nSPS) is 10.9. The van der Waals surface area contributed by atoms with E-state index >= 15 is 0 Å². The third-order valence-corrected chi connectivity index (χ3v) is 6.68. The van der Waals surface area contributed by atoms with Crippen LogP contribution in [0.4, 0.5) is 0 Å². The molecule has 0 saturated carbocycles. The number of nitrogens with zero attached hydrogens (tertiary/aromatic N) is 2. The van der Waals surface area contributed by atoms with Crippen molar-refractivity contribution in [1.82, 2.24) is 15.1 Å². The highest BCUT2D eigenvalue weighted by atomic mass is 35.5. The van der Waals surface area contributed by atoms with E-state index in [1.165, 1.54) is 11.3 Å². The molecule has 0 aliphatic heterocycles. The van der Waals surface area contributed by atoms with Crippen LogP contribution in [0.1, 0.15) is 37.7 Å². The monoisotopic (exact) mass is 465 g/mol. The first-order valence-corrected chi connectivity index (χ1v) is 11.5. The number of thiophene rings is 1. The molecule has 0 unspecified atom stereocenters. The van der Waals surface area contributed by atoms with E-state index < -0.39 is 0 Å². The van der Waals surface area contributed by atoms with Crippen LogP contribution in [0, 0.1) is 20.8 Å². The van der Waals surface area contributed by atoms with Crippen LogP contribution in [-0.2, 0) is 13.2 Å². The molecule has 4 rings (SSSR count). The summed E-state index contributed by atoms with van der Waals surface area (Å²) in [6.07, 6.45) is 0. The van der Waals surface area contributed by atoms with Gasteiger partial charge >= 0.3 is 0 Å². The lowest BCUT2D eigenvalue weighted by molar-refractivity contribution is 0.0955. The van der Waals surface area contributed by atoms with E-state index in [2.05, 4.69) is 10.4 Å². The van der Waals surface area contributed by atoms with E-state index in [1.54, 1.807) is 0 Å². The second kappa shape index (κ2) is 9.59. The first-order valence-electron chi connectivity index (χ1n) is 10.3. The van der Waals surface area contributed by atoms with Gasteiger partial charge in [0.1, 0.15) is 12.4 Å². The largest absolute Gasteiger partial charge is 0.489 e. The van der Waals surface area contributed by atoms with Crippen molar-refractivity contribution >= 4 is 28.8 Å². The van der Waals surface area contributed by atoms with Gasteiger partial charge in [0, 0.05) is 28.4 Å². The van der Waals surface area contributed by atoms with Crippen molar-refractivity contribution in [2.24, 2.45) is 0 Å². The first-order chi connectivity index (χ1) is 15.4. The fourth-order valence-corrected chi connectivity index (χ4v) is 4.38. The van der Waals surface area contributed by atoms with Crippen LogP contribution in [0.2, 0.25) is 5.02 Å². The average molecular weight is 466 g/mol. The SMILES string of the molecule is Cc1cc(OCc2csc(C(=O)NCc3c(C)nn(-c4ccccc4)c3C)c2)ccc1Cl. The Bertz CT molecular complexity index is 1250. The summed E-state index contributed by atoms with van der Waals surface area (Å²) >= 11 is 7.47. The van der Waals surface area contributed by atoms with Gasteiger partial charge in [0.05, 0.1) is 16.3 Å². The standard InChI is InChI=1S/C25H24ClN3O2S/c1-16-11-21(9-10-23(16)26)31-14-19-12-24(32-15-19)25(30)27-13-22-17(2)28-29(18(22)3)20-7-5-4-6-8-20/h4-12,15H,13-14H2,1-3H3,(H,27,30). The summed E-state index contributed by atoms with van der Waals surface area (Å²) in [6, 6.07) is 17.4. The van der Waals surface area contributed by atoms with Crippen molar-refractivity contribution in [1.29, 1.82) is 0 Å². The van der Waals surface area contributed by atoms with Gasteiger partial charge in [-0.2, -0.15) is 5.10 Å². The smallest absolute Gasteiger partial charge is 0.261 e. The molecule has 0 aliphatic rings. The number of benzene rings is 2. The lowest BCUT2D eigenvalue weighted by Crippen LogP contribution is -2.22. The topological polar surface area (TPSA) is 56.1 Å². The Morgan fingerprint density at radius 2 is 1.91 bits per heavy atom. The van der Waals surface area contributed by atoms with Crippen molar-refractivity contribution in [3.63, 3.8) is 0 Å². The maximum Gasteiger partial charge on any atom is 0.261 e. The highest BCUT2D eigenvalue weighted by Crippen LogP contribution is 2.23. The maximum atomic E-state index is 12.7. The van der Waals surface area contributed by atoms with E-state index in [0.717, 1.165) is 39.5 Å². The molecule has 164 valence electrons. The maximum absolute atomic E-state index is 12.7. The van der Waals surface area contributed by atoms with Crippen molar-refractivity contribution < 1.29 is 9.53 Å². The Morgan fingerprint density at radius 3 is 2.66 bits per heavy atom. The zero-order valence-electron chi connectivity index (χ0n) is 18.2. The van der Waals surface area contributed by atoms with Gasteiger partial charge in [0.15, 0.2) is 0 Å². The summed E-state index contributed by atoms with van der Waals surface area (Å²) in [7, 11) is 0. The number of nitrogens with one attached hydrogen (secondary N) is 1. The number of aromatic nitrogens is 2. The van der Waals surface area contributed by atoms with Gasteiger partial charge in [-0.1, -0.05) is 29.8 Å². The summed E-state index contributed by atoms with van der Waals surface area (Å²) in [5, 5.41) is 10.3. The van der Waals surface area contributed by atoms with Gasteiger partial charge in [-0.15, -0.1) is 11.3 Å². The van der Waals surface area contributed by atoms with Crippen LogP contribution in [-0.4, -0.2) is 15.7 Å². The van der Waals surface area contributed by atoms with E-state index in [1.807, 2.05) is 85.4 Å². The third kappa shape index (κ3) is 4.87. The number of para-hydroxylation sites is 1. The average Bonchev–Trinajstić information content (AvgIpc) is 3.38. The molecule has 2 heterocycles. The zero-order valence-corrected chi connectivity index (χ0v) is 19.8. The lowest BCUT2D eigenvalue weighted by atomic mass is 10.2. The summed E-state index contributed by atoms with van der Waals surface area (Å²) in [5.74, 6) is 0.653. The van der Waals surface area contributed by atoms with E-state index in [0.29, 0.717) is 23.1 Å². The number of rotatable bonds is 7. The number of ether oxygens (including phenoxy) is 1. The molecule has 0 atom stereocenters. The number of carbonyl (C=O) groups excluding carboxylic acids is 1. The molecule has 0 aliphatic carbocycles. The summed E-state index contributed by atoms with van der Waals surface area (Å²) in [4.78, 5) is 13.4. The van der Waals surface area contributed by atoms with Crippen LogP contribution in [0.25, 0.3) is 5.69 Å². The van der Waals surface area contributed by atoms with Crippen LogP contribution >= 0.6 is 22.9 Å². The van der Waals surface area contributed by atoms with Gasteiger partial charge in [-0.3, -0.25) is 4.79 Å². The number of hydrogen-bond donors (Lipinski definition) is 1. The summed E-state index contributed by atoms with van der Waals surface area (Å²) in [5.41, 5.74) is 5.88. The van der Waals surface area contributed by atoms with Crippen molar-refractivity contribution in [2.45, 2.75) is 33.9 Å². The minimum absolute atomic E-state index is 0.102. The van der Waals surface area contributed by atoms with Crippen LogP contribution < -0.4 is 10.1 Å². The Kier molecular flexibility index (Phi) is 6.63. The van der Waals surface area contributed by atoms with E-state index in [9.17, 15) is 4.79 Å². The molecule has 0 spiro atoms. The molecule has 2 aromatic carbocycles. The second-order valence-electron chi connectivity index (χ2n) is 7.60. The fraction of sp³-hybridized carbons (Fsp3) is 0.200. The molecule has 1 N–H and O–H groups in total. The van der Waals surface area contributed by atoms with Crippen LogP contribution in [0.5, 0.6) is 5.75 Å². The molecule has 2 aromatic heterocycles. The Morgan fingerprint density at radius 1 is 1.12 bits per heavy atom.